The molecule has 3 aromatic rings. The van der Waals surface area contributed by atoms with E-state index in [2.05, 4.69) is 0 Å². The first kappa shape index (κ1) is 21.1. The van der Waals surface area contributed by atoms with E-state index in [0.717, 1.165) is 35.0 Å². The first-order valence-corrected chi connectivity index (χ1v) is 12.2. The molecule has 158 valence electrons. The van der Waals surface area contributed by atoms with Gasteiger partial charge in [-0.15, -0.1) is 11.3 Å². The highest BCUT2D eigenvalue weighted by Gasteiger charge is 2.23. The van der Waals surface area contributed by atoms with Gasteiger partial charge in [-0.2, -0.15) is 0 Å². The van der Waals surface area contributed by atoms with E-state index in [0.29, 0.717) is 11.7 Å². The molecule has 0 N–H and O–H groups in total. The van der Waals surface area contributed by atoms with Crippen LogP contribution in [0.1, 0.15) is 42.7 Å². The third-order valence-electron chi connectivity index (χ3n) is 5.62. The Morgan fingerprint density at radius 2 is 1.97 bits per heavy atom. The molecule has 1 aliphatic rings. The fourth-order valence-electron chi connectivity index (χ4n) is 3.94. The number of hydrogen-bond acceptors (Lipinski definition) is 5. The highest BCUT2D eigenvalue weighted by atomic mass is 32.2. The molecular formula is C23H27N3O2S2. The van der Waals surface area contributed by atoms with Gasteiger partial charge in [-0.25, -0.2) is 4.98 Å². The zero-order valence-corrected chi connectivity index (χ0v) is 19.3. The van der Waals surface area contributed by atoms with Crippen LogP contribution in [0.2, 0.25) is 0 Å². The number of thiophene rings is 1. The molecule has 0 saturated carbocycles. The van der Waals surface area contributed by atoms with E-state index in [-0.39, 0.29) is 23.3 Å². The molecule has 2 heterocycles. The van der Waals surface area contributed by atoms with E-state index in [4.69, 9.17) is 4.98 Å². The van der Waals surface area contributed by atoms with Gasteiger partial charge in [0.2, 0.25) is 5.91 Å². The summed E-state index contributed by atoms with van der Waals surface area (Å²) in [4.78, 5) is 34.8. The van der Waals surface area contributed by atoms with Crippen LogP contribution in [-0.4, -0.2) is 32.2 Å². The molecular weight excluding hydrogens is 414 g/mol. The molecule has 0 radical (unpaired) electrons. The van der Waals surface area contributed by atoms with Crippen LogP contribution in [-0.2, 0) is 31.2 Å². The summed E-state index contributed by atoms with van der Waals surface area (Å²) in [6, 6.07) is 10.1. The van der Waals surface area contributed by atoms with Crippen molar-refractivity contribution in [1.29, 1.82) is 0 Å². The van der Waals surface area contributed by atoms with E-state index in [1.165, 1.54) is 28.6 Å². The lowest BCUT2D eigenvalue weighted by molar-refractivity contribution is -0.130. The number of amides is 1. The molecule has 0 unspecified atom stereocenters. The third-order valence-corrected chi connectivity index (χ3v) is 7.82. The predicted molar refractivity (Wildman–Crippen MR) is 124 cm³/mol. The number of benzene rings is 1. The summed E-state index contributed by atoms with van der Waals surface area (Å²) in [5, 5.41) is 1.41. The van der Waals surface area contributed by atoms with Gasteiger partial charge in [-0.05, 0) is 50.7 Å². The Labute approximate surface area is 185 Å². The quantitative estimate of drug-likeness (QED) is 0.420. The number of aryl methyl sites for hydroxylation is 2. The molecule has 2 aromatic heterocycles. The number of hydrogen-bond donors (Lipinski definition) is 0. The molecule has 0 bridgehead atoms. The van der Waals surface area contributed by atoms with Gasteiger partial charge < -0.3 is 4.90 Å². The van der Waals surface area contributed by atoms with Gasteiger partial charge in [0.1, 0.15) is 4.83 Å². The summed E-state index contributed by atoms with van der Waals surface area (Å²) in [5.41, 5.74) is 2.33. The standard InChI is InChI=1S/C23H27N3O2S2/c1-15(2)26(13-16-9-5-4-6-10-16)19(27)14-29-23-24-21-20(22(28)25(23)3)17-11-7-8-12-18(17)30-21/h4-6,9-10,15H,7-8,11-14H2,1-3H3. The van der Waals surface area contributed by atoms with Gasteiger partial charge >= 0.3 is 0 Å². The zero-order valence-electron chi connectivity index (χ0n) is 17.7. The number of carbonyl (C=O) groups is 1. The highest BCUT2D eigenvalue weighted by Crippen LogP contribution is 2.34. The molecule has 1 aromatic carbocycles. The van der Waals surface area contributed by atoms with Gasteiger partial charge in [0.15, 0.2) is 5.16 Å². The molecule has 0 fully saturated rings. The Hall–Kier alpha value is -2.12. The first-order chi connectivity index (χ1) is 14.5. The van der Waals surface area contributed by atoms with Crippen LogP contribution in [0.25, 0.3) is 10.2 Å². The van der Waals surface area contributed by atoms with E-state index in [9.17, 15) is 9.59 Å². The SMILES string of the molecule is CC(C)N(Cc1ccccc1)C(=O)CSc1nc2sc3c(c2c(=O)n1C)CCCC3. The minimum absolute atomic E-state index is 0.0133. The lowest BCUT2D eigenvalue weighted by atomic mass is 9.97. The molecule has 30 heavy (non-hydrogen) atoms. The van der Waals surface area contributed by atoms with Gasteiger partial charge in [0.05, 0.1) is 11.1 Å². The summed E-state index contributed by atoms with van der Waals surface area (Å²) in [6.45, 7) is 4.64. The van der Waals surface area contributed by atoms with E-state index < -0.39 is 0 Å². The second-order valence-corrected chi connectivity index (χ2v) is 10.1. The van der Waals surface area contributed by atoms with Gasteiger partial charge in [-0.3, -0.25) is 14.2 Å². The zero-order chi connectivity index (χ0) is 21.3. The van der Waals surface area contributed by atoms with Crippen molar-refractivity contribution < 1.29 is 4.79 Å². The topological polar surface area (TPSA) is 55.2 Å². The molecule has 0 atom stereocenters. The van der Waals surface area contributed by atoms with Crippen molar-refractivity contribution >= 4 is 39.2 Å². The van der Waals surface area contributed by atoms with Crippen molar-refractivity contribution in [2.45, 2.75) is 57.3 Å². The maximum Gasteiger partial charge on any atom is 0.262 e. The number of rotatable bonds is 6. The third kappa shape index (κ3) is 4.18. The Morgan fingerprint density at radius 1 is 1.23 bits per heavy atom. The largest absolute Gasteiger partial charge is 0.335 e. The molecule has 4 rings (SSSR count). The molecule has 7 heteroatoms. The molecule has 1 amide bonds. The molecule has 0 saturated heterocycles. The maximum absolute atomic E-state index is 13.0. The van der Waals surface area contributed by atoms with E-state index in [1.54, 1.807) is 23.0 Å². The summed E-state index contributed by atoms with van der Waals surface area (Å²) < 4.78 is 1.61. The molecule has 0 spiro atoms. The number of carbonyl (C=O) groups excluding carboxylic acids is 1. The van der Waals surface area contributed by atoms with Crippen molar-refractivity contribution in [2.24, 2.45) is 7.05 Å². The minimum Gasteiger partial charge on any atom is -0.335 e. The normalized spacial score (nSPS) is 13.6. The average Bonchev–Trinajstić information content (AvgIpc) is 3.12. The number of thioether (sulfide) groups is 1. The lowest BCUT2D eigenvalue weighted by Gasteiger charge is -2.27. The van der Waals surface area contributed by atoms with Crippen molar-refractivity contribution in [2.75, 3.05) is 5.75 Å². The predicted octanol–water partition coefficient (Wildman–Crippen LogP) is 4.40. The molecule has 5 nitrogen and oxygen atoms in total. The monoisotopic (exact) mass is 441 g/mol. The number of aromatic nitrogens is 2. The average molecular weight is 442 g/mol. The summed E-state index contributed by atoms with van der Waals surface area (Å²) >= 11 is 3.00. The van der Waals surface area contributed by atoms with E-state index in [1.807, 2.05) is 49.1 Å². The second-order valence-electron chi connectivity index (χ2n) is 8.04. The number of fused-ring (bicyclic) bond motifs is 3. The maximum atomic E-state index is 13.0. The van der Waals surface area contributed by atoms with Gasteiger partial charge in [-0.1, -0.05) is 42.1 Å². The Morgan fingerprint density at radius 3 is 2.70 bits per heavy atom. The number of nitrogens with zero attached hydrogens (tertiary/aromatic N) is 3. The Kier molecular flexibility index (Phi) is 6.29. The van der Waals surface area contributed by atoms with Gasteiger partial charge in [0.25, 0.3) is 5.56 Å². The summed E-state index contributed by atoms with van der Waals surface area (Å²) in [7, 11) is 1.76. The van der Waals surface area contributed by atoms with Gasteiger partial charge in [0, 0.05) is 24.5 Å². The highest BCUT2D eigenvalue weighted by molar-refractivity contribution is 7.99. The van der Waals surface area contributed by atoms with Crippen LogP contribution in [0.5, 0.6) is 0 Å². The molecule has 0 aliphatic heterocycles. The summed E-state index contributed by atoms with van der Waals surface area (Å²) in [5.74, 6) is 0.320. The van der Waals surface area contributed by atoms with Crippen LogP contribution in [0.15, 0.2) is 40.3 Å². The summed E-state index contributed by atoms with van der Waals surface area (Å²) in [6.07, 6.45) is 4.34. The van der Waals surface area contributed by atoms with Crippen LogP contribution < -0.4 is 5.56 Å². The first-order valence-electron chi connectivity index (χ1n) is 10.4. The van der Waals surface area contributed by atoms with Crippen molar-refractivity contribution in [1.82, 2.24) is 14.5 Å². The van der Waals surface area contributed by atoms with Crippen molar-refractivity contribution in [3.05, 3.63) is 56.7 Å². The molecule has 1 aliphatic carbocycles. The van der Waals surface area contributed by atoms with Crippen LogP contribution in [0.4, 0.5) is 0 Å². The van der Waals surface area contributed by atoms with Crippen LogP contribution >= 0.6 is 23.1 Å². The van der Waals surface area contributed by atoms with Crippen LogP contribution in [0, 0.1) is 0 Å². The van der Waals surface area contributed by atoms with Crippen molar-refractivity contribution in [3.8, 4) is 0 Å². The van der Waals surface area contributed by atoms with Crippen LogP contribution in [0.3, 0.4) is 0 Å². The van der Waals surface area contributed by atoms with E-state index >= 15 is 0 Å². The fraction of sp³-hybridized carbons (Fsp3) is 0.435. The Balaban J connectivity index is 1.54. The minimum atomic E-state index is 0.0133. The van der Waals surface area contributed by atoms with Crippen molar-refractivity contribution in [3.63, 3.8) is 0 Å². The fourth-order valence-corrected chi connectivity index (χ4v) is 6.10. The second kappa shape index (κ2) is 8.94. The lowest BCUT2D eigenvalue weighted by Crippen LogP contribution is -2.37. The smallest absolute Gasteiger partial charge is 0.262 e. The Bertz CT molecular complexity index is 1120.